The minimum atomic E-state index is -2.34. The van der Waals surface area contributed by atoms with Crippen LogP contribution >= 0.6 is 23.2 Å². The summed E-state index contributed by atoms with van der Waals surface area (Å²) < 4.78 is 49.3. The Labute approximate surface area is 646 Å². The van der Waals surface area contributed by atoms with Crippen LogP contribution in [-0.2, 0) is 66.8 Å². The van der Waals surface area contributed by atoms with E-state index in [1.54, 1.807) is 13.8 Å². The number of carboxylic acid groups (broad SMARTS) is 1. The summed E-state index contributed by atoms with van der Waals surface area (Å²) in [5, 5.41) is 129. The fraction of sp³-hybridized carbons (Fsp3) is 0.473. The second-order valence-electron chi connectivity index (χ2n) is 27.8. The van der Waals surface area contributed by atoms with Crippen LogP contribution in [0.3, 0.4) is 0 Å². The lowest BCUT2D eigenvalue weighted by molar-refractivity contribution is -0.320. The van der Waals surface area contributed by atoms with Gasteiger partial charge in [-0.05, 0) is 123 Å². The lowest BCUT2D eigenvalue weighted by atomic mass is 9.90. The summed E-state index contributed by atoms with van der Waals surface area (Å²) in [6.07, 6.45) is -19.3. The quantitative estimate of drug-likeness (QED) is 0.0227. The van der Waals surface area contributed by atoms with Gasteiger partial charge in [0.25, 0.3) is 0 Å². The molecule has 5 heterocycles. The number of nitrogens with one attached hydrogen (secondary N) is 6. The Morgan fingerprint density at radius 2 is 1.39 bits per heavy atom. The highest BCUT2D eigenvalue weighted by Crippen LogP contribution is 2.49. The fourth-order valence-corrected chi connectivity index (χ4v) is 12.9. The number of carbonyl (C=O) groups excluding carboxylic acids is 8. The standard InChI is InChI=1S/C74H92Cl2N8O27/c1-9-10-19-105-51(72(103)104-8)29-79-74(6,7)66(96)32(4)106-33(5)107-65-63(95)62(94)52(30-85)110-73(65)111-64-49-23-37-24-50(64)109-48-17-14-36(22-42(48)76)61(93)60(81-54(91)18-11-31(2)3)70(100)80-43(27-53(77)90)68(98)84-58(37)69(99)83-57(67(78)97)35-12-15-44(87)39(20-35)56-40(25-38(86)26-46(56)89)59(71(101)102)82-55(92)28-45(88)34-13-16-47(108-49)41(75)21-34/h12-17,20-26,31-33,43,45,51-52,57-63,65-66,73,79,85-89,93-96H,9-11,18-19,27-30H2,1-8H3,(H2,77,90)(H2,78,97)(H,80,100)(H,81,91)(H,82,92)(H,83,99)(H,84,98)(H,101,102)/t32?,33?,43?,45-,51?,52?,57+,58?,59?,60-,61?,62?,63?,65?,66?,73?/m0/s1. The zero-order chi connectivity index (χ0) is 81.8. The van der Waals surface area contributed by atoms with Gasteiger partial charge in [0.15, 0.2) is 36.0 Å². The number of aliphatic hydroxyl groups is 6. The molecule has 9 bridgehead atoms. The first-order valence-electron chi connectivity index (χ1n) is 35.3. The zero-order valence-electron chi connectivity index (χ0n) is 61.5. The van der Waals surface area contributed by atoms with E-state index in [0.29, 0.717) is 12.8 Å². The number of primary amides is 2. The molecule has 10 rings (SSSR count). The summed E-state index contributed by atoms with van der Waals surface area (Å²) in [6, 6.07) is 2.60. The number of nitrogens with two attached hydrogens (primary N) is 2. The van der Waals surface area contributed by atoms with Crippen LogP contribution in [0.1, 0.15) is 145 Å². The minimum absolute atomic E-state index is 0.0294. The van der Waals surface area contributed by atoms with E-state index in [2.05, 4.69) is 31.9 Å². The van der Waals surface area contributed by atoms with Crippen LogP contribution in [0.15, 0.2) is 78.9 Å². The average Bonchev–Trinajstić information content (AvgIpc) is 0.768. The molecule has 1 fully saturated rings. The number of carboxylic acids is 1. The second kappa shape index (κ2) is 38.0. The van der Waals surface area contributed by atoms with Crippen molar-refractivity contribution in [2.75, 3.05) is 26.9 Å². The summed E-state index contributed by atoms with van der Waals surface area (Å²) in [5.41, 5.74) is 7.69. The number of fused-ring (bicyclic) bond motifs is 16. The van der Waals surface area contributed by atoms with Gasteiger partial charge in [-0.1, -0.05) is 68.6 Å². The van der Waals surface area contributed by atoms with Gasteiger partial charge in [-0.2, -0.15) is 0 Å². The van der Waals surface area contributed by atoms with Crippen LogP contribution in [0.25, 0.3) is 11.1 Å². The Kier molecular flexibility index (Phi) is 29.7. The van der Waals surface area contributed by atoms with Crippen LogP contribution in [-0.4, -0.2) is 204 Å². The molecule has 5 aliphatic heterocycles. The molecule has 1 saturated heterocycles. The molecule has 16 atom stereocenters. The molecule has 0 radical (unpaired) electrons. The predicted molar refractivity (Wildman–Crippen MR) is 390 cm³/mol. The zero-order valence-corrected chi connectivity index (χ0v) is 63.0. The van der Waals surface area contributed by atoms with E-state index in [4.69, 9.17) is 72.6 Å². The van der Waals surface area contributed by atoms with Crippen molar-refractivity contribution in [2.45, 2.75) is 190 Å². The van der Waals surface area contributed by atoms with Crippen LogP contribution in [0.4, 0.5) is 0 Å². The number of hydrogen-bond donors (Lipinski definition) is 18. The molecule has 604 valence electrons. The number of phenols is 3. The van der Waals surface area contributed by atoms with Gasteiger partial charge in [0, 0.05) is 47.9 Å². The highest BCUT2D eigenvalue weighted by atomic mass is 35.5. The maximum absolute atomic E-state index is 15.8. The summed E-state index contributed by atoms with van der Waals surface area (Å²) in [4.78, 5) is 126. The molecule has 5 aromatic carbocycles. The molecule has 7 amide bonds. The van der Waals surface area contributed by atoms with E-state index in [-0.39, 0.29) is 53.0 Å². The van der Waals surface area contributed by atoms with Gasteiger partial charge in [-0.15, -0.1) is 0 Å². The van der Waals surface area contributed by atoms with Crippen LogP contribution in [0.2, 0.25) is 10.0 Å². The highest BCUT2D eigenvalue weighted by molar-refractivity contribution is 6.32. The molecule has 37 heteroatoms. The molecule has 0 saturated carbocycles. The maximum atomic E-state index is 15.8. The Morgan fingerprint density at radius 3 is 1.98 bits per heavy atom. The molecule has 0 spiro atoms. The van der Waals surface area contributed by atoms with Crippen molar-refractivity contribution in [2.24, 2.45) is 17.4 Å². The molecule has 35 nitrogen and oxygen atoms in total. The molecule has 13 unspecified atom stereocenters. The van der Waals surface area contributed by atoms with E-state index < -0.39 is 244 Å². The summed E-state index contributed by atoms with van der Waals surface area (Å²) in [6.45, 7) is 10.7. The van der Waals surface area contributed by atoms with E-state index >= 15 is 9.59 Å². The van der Waals surface area contributed by atoms with Crippen molar-refractivity contribution in [3.05, 3.63) is 117 Å². The molecular weight excluding hydrogens is 1500 g/mol. The molecule has 0 aromatic heterocycles. The molecule has 20 N–H and O–H groups in total. The number of benzene rings is 5. The number of halogens is 2. The number of rotatable bonds is 25. The number of esters is 1. The predicted octanol–water partition coefficient (Wildman–Crippen LogP) is 2.91. The van der Waals surface area contributed by atoms with Crippen molar-refractivity contribution < 1.29 is 132 Å². The number of methoxy groups -OCH3 is 1. The molecule has 5 aliphatic rings. The number of ether oxygens (including phenoxy) is 8. The van der Waals surface area contributed by atoms with Crippen molar-refractivity contribution in [3.63, 3.8) is 0 Å². The topological polar surface area (TPSA) is 554 Å². The Morgan fingerprint density at radius 1 is 0.748 bits per heavy atom. The number of aliphatic hydroxyl groups excluding tert-OH is 6. The highest BCUT2D eigenvalue weighted by Gasteiger charge is 2.49. The van der Waals surface area contributed by atoms with Crippen molar-refractivity contribution in [1.29, 1.82) is 0 Å². The third-order valence-electron chi connectivity index (χ3n) is 18.5. The monoisotopic (exact) mass is 1590 g/mol. The normalized spacial score (nSPS) is 23.6. The SMILES string of the molecule is CCCCOC(CNC(C)(C)C(O)C(C)OC(C)OC1C(Oc2c3cc4cc2Oc2ccc(cc2Cl)[C@@H](O)CC(=O)NC(C(=O)O)c2cc(O)cc(O)c2-c2cc(ccc2O)[C@H](C(N)=O)NC(=O)C4NC(=O)C(CC(N)=O)NC(=O)[C@@H](NC(=O)CCC(C)C)C(O)c2ccc(c(Cl)c2)O3)OC(CO)C(O)C1O)C(=O)OC. The van der Waals surface area contributed by atoms with E-state index in [1.807, 2.05) is 20.8 Å². The van der Waals surface area contributed by atoms with Crippen LogP contribution < -0.4 is 57.6 Å². The summed E-state index contributed by atoms with van der Waals surface area (Å²) in [5.74, 6) is -16.5. The number of carbonyl (C=O) groups is 9. The Balaban J connectivity index is 1.36. The second-order valence-corrected chi connectivity index (χ2v) is 28.6. The first-order chi connectivity index (χ1) is 52.3. The van der Waals surface area contributed by atoms with Crippen LogP contribution in [0, 0.1) is 5.92 Å². The Hall–Kier alpha value is -9.73. The lowest BCUT2D eigenvalue weighted by Gasteiger charge is -2.43. The number of aromatic hydroxyl groups is 3. The maximum Gasteiger partial charge on any atom is 0.336 e. The van der Waals surface area contributed by atoms with Gasteiger partial charge in [0.2, 0.25) is 53.4 Å². The first-order valence-corrected chi connectivity index (χ1v) is 36.0. The first kappa shape index (κ1) is 86.9. The van der Waals surface area contributed by atoms with E-state index in [9.17, 15) is 84.6 Å². The summed E-state index contributed by atoms with van der Waals surface area (Å²) >= 11 is 14.1. The number of phenolic OH excluding ortho intramolecular Hbond substituents is 3. The van der Waals surface area contributed by atoms with Gasteiger partial charge >= 0.3 is 11.9 Å². The number of amides is 7. The van der Waals surface area contributed by atoms with Gasteiger partial charge in [-0.25, -0.2) is 9.59 Å². The molecular formula is C74H92Cl2N8O27. The van der Waals surface area contributed by atoms with Crippen molar-refractivity contribution in [1.82, 2.24) is 31.9 Å². The fourth-order valence-electron chi connectivity index (χ4n) is 12.4. The smallest absolute Gasteiger partial charge is 0.336 e. The third kappa shape index (κ3) is 21.7. The number of unbranched alkanes of at least 4 members (excludes halogenated alkanes) is 1. The number of aliphatic carboxylic acids is 1. The van der Waals surface area contributed by atoms with Gasteiger partial charge in [0.1, 0.15) is 77.3 Å². The largest absolute Gasteiger partial charge is 0.508 e. The van der Waals surface area contributed by atoms with Crippen LogP contribution in [0.5, 0.6) is 46.0 Å². The molecule has 111 heavy (non-hydrogen) atoms. The Bertz CT molecular complexity index is 4250. The van der Waals surface area contributed by atoms with Crippen molar-refractivity contribution >= 4 is 76.5 Å². The van der Waals surface area contributed by atoms with E-state index in [1.165, 1.54) is 39.2 Å². The van der Waals surface area contributed by atoms with Gasteiger partial charge in [-0.3, -0.25) is 33.6 Å². The third-order valence-corrected chi connectivity index (χ3v) is 19.1. The number of hydrogen-bond acceptors (Lipinski definition) is 27. The lowest BCUT2D eigenvalue weighted by Crippen LogP contribution is -2.62. The summed E-state index contributed by atoms with van der Waals surface area (Å²) in [7, 11) is 1.20. The van der Waals surface area contributed by atoms with Gasteiger partial charge in [0.05, 0.1) is 54.9 Å². The van der Waals surface area contributed by atoms with Gasteiger partial charge < -0.3 is 132 Å². The van der Waals surface area contributed by atoms with E-state index in [0.717, 1.165) is 67.1 Å². The van der Waals surface area contributed by atoms with Crippen molar-refractivity contribution in [3.8, 4) is 57.1 Å². The molecule has 5 aromatic rings. The minimum Gasteiger partial charge on any atom is -0.508 e. The molecule has 0 aliphatic carbocycles. The average molecular weight is 1600 g/mol.